The number of hydrogen-bond donors (Lipinski definition) is 3. The van der Waals surface area contributed by atoms with Gasteiger partial charge >= 0.3 is 0 Å². The van der Waals surface area contributed by atoms with Gasteiger partial charge in [-0.25, -0.2) is 4.72 Å². The molecule has 8 atom stereocenters. The van der Waals surface area contributed by atoms with Gasteiger partial charge in [-0.1, -0.05) is 57.3 Å². The van der Waals surface area contributed by atoms with Gasteiger partial charge in [0.25, 0.3) is 0 Å². The molecule has 0 amide bonds. The van der Waals surface area contributed by atoms with Gasteiger partial charge in [0.2, 0.25) is 0 Å². The van der Waals surface area contributed by atoms with E-state index in [0.29, 0.717) is 11.3 Å². The summed E-state index contributed by atoms with van der Waals surface area (Å²) in [7, 11) is 0. The second kappa shape index (κ2) is 11.9. The van der Waals surface area contributed by atoms with E-state index < -0.39 is 0 Å². The standard InChI is InChI=1S/C33H54N4OS/c1-21-8-6-9-22(2)31(21)28-17-30-35-32(34-28)36-39-26-11-7-10-23(16-26)19-37(25(20-38-30)18-33(3,4)5)29-15-14-27(29)24-12-13-24/h6,8-9,23-30,32,34-36H,7,10-20H2,1-5H3/t23?,25-,26?,27?,28?,29?,30?,32?/m1/s1. The fraction of sp³-hybridized carbons (Fsp3) is 0.818. The van der Waals surface area contributed by atoms with Crippen molar-refractivity contribution in [1.82, 2.24) is 20.3 Å². The number of fused-ring (bicyclic) bond motifs is 4. The molecule has 3 N–H and O–H groups in total. The van der Waals surface area contributed by atoms with E-state index in [1.54, 1.807) is 0 Å². The van der Waals surface area contributed by atoms with E-state index >= 15 is 0 Å². The van der Waals surface area contributed by atoms with E-state index in [1.165, 1.54) is 81.0 Å². The van der Waals surface area contributed by atoms with E-state index in [0.717, 1.165) is 36.8 Å². The zero-order valence-corrected chi connectivity index (χ0v) is 26.0. The molecular formula is C33H54N4OS. The molecule has 1 aromatic carbocycles. The van der Waals surface area contributed by atoms with Crippen LogP contribution in [-0.2, 0) is 4.74 Å². The highest BCUT2D eigenvalue weighted by atomic mass is 32.2. The zero-order chi connectivity index (χ0) is 27.1. The Morgan fingerprint density at radius 3 is 2.46 bits per heavy atom. The van der Waals surface area contributed by atoms with Crippen molar-refractivity contribution in [3.63, 3.8) is 0 Å². The van der Waals surface area contributed by atoms with Crippen LogP contribution in [0.15, 0.2) is 18.2 Å². The van der Waals surface area contributed by atoms with Crippen molar-refractivity contribution in [3.8, 4) is 0 Å². The van der Waals surface area contributed by atoms with Crippen LogP contribution < -0.4 is 15.4 Å². The molecule has 0 aromatic heterocycles. The molecule has 0 spiro atoms. The van der Waals surface area contributed by atoms with Crippen LogP contribution in [0.2, 0.25) is 0 Å². The Kier molecular flexibility index (Phi) is 8.71. The van der Waals surface area contributed by atoms with Gasteiger partial charge in [-0.2, -0.15) is 0 Å². The highest BCUT2D eigenvalue weighted by molar-refractivity contribution is 7.98. The smallest absolute Gasteiger partial charge is 0.123 e. The highest BCUT2D eigenvalue weighted by Gasteiger charge is 2.47. The third-order valence-electron chi connectivity index (χ3n) is 10.4. The lowest BCUT2D eigenvalue weighted by Crippen LogP contribution is -2.61. The van der Waals surface area contributed by atoms with Crippen LogP contribution in [0.4, 0.5) is 0 Å². The maximum atomic E-state index is 6.95. The molecule has 6 rings (SSSR count). The Balaban J connectivity index is 1.28. The fourth-order valence-electron chi connectivity index (χ4n) is 8.28. The molecule has 5 fully saturated rings. The maximum absolute atomic E-state index is 6.95. The van der Waals surface area contributed by atoms with Crippen molar-refractivity contribution in [1.29, 1.82) is 0 Å². The van der Waals surface area contributed by atoms with Crippen LogP contribution >= 0.6 is 11.9 Å². The molecule has 4 bridgehead atoms. The van der Waals surface area contributed by atoms with Gasteiger partial charge in [0, 0.05) is 36.3 Å². The van der Waals surface area contributed by atoms with Crippen molar-refractivity contribution >= 4 is 11.9 Å². The van der Waals surface area contributed by atoms with Gasteiger partial charge in [-0.15, -0.1) is 0 Å². The average Bonchev–Trinajstić information content (AvgIpc) is 3.68. The van der Waals surface area contributed by atoms with Crippen molar-refractivity contribution < 1.29 is 4.74 Å². The van der Waals surface area contributed by atoms with E-state index in [2.05, 4.69) is 73.1 Å². The number of aryl methyl sites for hydroxylation is 2. The lowest BCUT2D eigenvalue weighted by Gasteiger charge is -2.51. The Labute approximate surface area is 242 Å². The number of rotatable bonds is 4. The van der Waals surface area contributed by atoms with Gasteiger partial charge in [0.1, 0.15) is 12.5 Å². The first-order valence-corrected chi connectivity index (χ1v) is 17.0. The average molecular weight is 555 g/mol. The zero-order valence-electron chi connectivity index (χ0n) is 25.2. The van der Waals surface area contributed by atoms with Crippen LogP contribution in [0.1, 0.15) is 108 Å². The molecule has 0 radical (unpaired) electrons. The SMILES string of the molecule is Cc1cccc(C)c1C1CC2NC(NSC3CCCC(C3)CN(C3CCC3C3CC3)[C@H](CC(C)(C)C)CO2)N1. The number of nitrogens with one attached hydrogen (secondary N) is 3. The summed E-state index contributed by atoms with van der Waals surface area (Å²) in [6, 6.07) is 8.26. The predicted octanol–water partition coefficient (Wildman–Crippen LogP) is 6.66. The molecule has 2 heterocycles. The Hall–Kier alpha value is -0.630. The van der Waals surface area contributed by atoms with E-state index in [-0.39, 0.29) is 24.0 Å². The van der Waals surface area contributed by atoms with E-state index in [9.17, 15) is 0 Å². The van der Waals surface area contributed by atoms with E-state index in [4.69, 9.17) is 4.74 Å². The summed E-state index contributed by atoms with van der Waals surface area (Å²) in [4.78, 5) is 3.02. The topological polar surface area (TPSA) is 48.6 Å². The number of benzene rings is 1. The number of nitrogens with zero attached hydrogens (tertiary/aromatic N) is 1. The van der Waals surface area contributed by atoms with Crippen molar-refractivity contribution in [2.24, 2.45) is 23.2 Å². The molecule has 5 aliphatic rings. The number of hydrogen-bond acceptors (Lipinski definition) is 6. The monoisotopic (exact) mass is 554 g/mol. The van der Waals surface area contributed by atoms with Crippen molar-refractivity contribution in [2.45, 2.75) is 135 Å². The van der Waals surface area contributed by atoms with Gasteiger partial charge in [0.05, 0.1) is 6.61 Å². The Bertz CT molecular complexity index is 957. The summed E-state index contributed by atoms with van der Waals surface area (Å²) in [5.41, 5.74) is 4.48. The maximum Gasteiger partial charge on any atom is 0.123 e. The Morgan fingerprint density at radius 1 is 0.974 bits per heavy atom. The minimum absolute atomic E-state index is 0.0402. The molecule has 6 heteroatoms. The number of ether oxygens (including phenoxy) is 1. The second-order valence-corrected chi connectivity index (χ2v) is 16.0. The summed E-state index contributed by atoms with van der Waals surface area (Å²) in [5, 5.41) is 8.41. The summed E-state index contributed by atoms with van der Waals surface area (Å²) in [6.07, 6.45) is 13.5. The van der Waals surface area contributed by atoms with E-state index in [1.807, 2.05) is 11.9 Å². The Morgan fingerprint density at radius 2 is 1.77 bits per heavy atom. The van der Waals surface area contributed by atoms with Crippen LogP contribution in [-0.4, -0.2) is 47.9 Å². The molecule has 3 aliphatic carbocycles. The summed E-state index contributed by atoms with van der Waals surface area (Å²) in [5.74, 6) is 2.76. The first-order chi connectivity index (χ1) is 18.7. The van der Waals surface area contributed by atoms with Crippen molar-refractivity contribution in [2.75, 3.05) is 13.2 Å². The fourth-order valence-corrected chi connectivity index (χ4v) is 9.40. The first-order valence-electron chi connectivity index (χ1n) is 16.1. The quantitative estimate of drug-likeness (QED) is 0.362. The predicted molar refractivity (Wildman–Crippen MR) is 163 cm³/mol. The molecule has 7 unspecified atom stereocenters. The minimum atomic E-state index is 0.0402. The first kappa shape index (κ1) is 28.5. The summed E-state index contributed by atoms with van der Waals surface area (Å²) >= 11 is 1.98. The molecule has 1 aromatic rings. The second-order valence-electron chi connectivity index (χ2n) is 14.8. The third kappa shape index (κ3) is 6.89. The highest BCUT2D eigenvalue weighted by Crippen LogP contribution is 2.50. The lowest BCUT2D eigenvalue weighted by atomic mass is 9.73. The molecule has 218 valence electrons. The minimum Gasteiger partial charge on any atom is -0.362 e. The van der Waals surface area contributed by atoms with Crippen LogP contribution in [0.3, 0.4) is 0 Å². The summed E-state index contributed by atoms with van der Waals surface area (Å²) < 4.78 is 10.8. The lowest BCUT2D eigenvalue weighted by molar-refractivity contribution is -0.0769. The summed E-state index contributed by atoms with van der Waals surface area (Å²) in [6.45, 7) is 13.9. The van der Waals surface area contributed by atoms with Gasteiger partial charge in [-0.3, -0.25) is 15.5 Å². The van der Waals surface area contributed by atoms with Crippen LogP contribution in [0.5, 0.6) is 0 Å². The molecule has 2 aliphatic heterocycles. The largest absolute Gasteiger partial charge is 0.362 e. The van der Waals surface area contributed by atoms with Crippen molar-refractivity contribution in [3.05, 3.63) is 34.9 Å². The molecule has 5 nitrogen and oxygen atoms in total. The van der Waals surface area contributed by atoms with Crippen LogP contribution in [0, 0.1) is 37.0 Å². The van der Waals surface area contributed by atoms with Gasteiger partial charge in [0.15, 0.2) is 0 Å². The van der Waals surface area contributed by atoms with Gasteiger partial charge in [-0.05, 0) is 105 Å². The normalized spacial score (nSPS) is 38.7. The van der Waals surface area contributed by atoms with Crippen LogP contribution in [0.25, 0.3) is 0 Å². The molecule has 2 saturated heterocycles. The molecule has 39 heavy (non-hydrogen) atoms. The molecule has 3 saturated carbocycles. The van der Waals surface area contributed by atoms with Gasteiger partial charge < -0.3 is 4.74 Å². The molecular weight excluding hydrogens is 500 g/mol. The third-order valence-corrected chi connectivity index (χ3v) is 11.5.